The second-order valence-corrected chi connectivity index (χ2v) is 3.62. The van der Waals surface area contributed by atoms with E-state index in [1.807, 2.05) is 12.1 Å². The van der Waals surface area contributed by atoms with Gasteiger partial charge in [0.05, 0.1) is 6.54 Å². The van der Waals surface area contributed by atoms with E-state index in [2.05, 4.69) is 0 Å². The number of hydrogen-bond donors (Lipinski definition) is 1. The summed E-state index contributed by atoms with van der Waals surface area (Å²) in [6.07, 6.45) is 0.682. The van der Waals surface area contributed by atoms with Crippen molar-refractivity contribution in [2.45, 2.75) is 19.4 Å². The zero-order valence-electron chi connectivity index (χ0n) is 8.27. The van der Waals surface area contributed by atoms with Crippen molar-refractivity contribution < 1.29 is 9.59 Å². The van der Waals surface area contributed by atoms with Crippen LogP contribution in [0.5, 0.6) is 0 Å². The predicted octanol–water partition coefficient (Wildman–Crippen LogP) is 0.918. The summed E-state index contributed by atoms with van der Waals surface area (Å²) in [4.78, 5) is 24.0. The number of benzene rings is 1. The second kappa shape index (κ2) is 3.73. The summed E-state index contributed by atoms with van der Waals surface area (Å²) in [6, 6.07) is 7.18. The Balaban J connectivity index is 2.11. The maximum Gasteiger partial charge on any atom is 0.229 e. The highest BCUT2D eigenvalue weighted by Gasteiger charge is 2.28. The average molecular weight is 204 g/mol. The Labute approximate surface area is 87.7 Å². The highest BCUT2D eigenvalue weighted by Crippen LogP contribution is 2.16. The first kappa shape index (κ1) is 9.71. The molecular weight excluding hydrogens is 192 g/mol. The Morgan fingerprint density at radius 2 is 1.60 bits per heavy atom. The van der Waals surface area contributed by atoms with Crippen LogP contribution in [0.4, 0.5) is 5.69 Å². The third-order valence-corrected chi connectivity index (χ3v) is 2.48. The third-order valence-electron chi connectivity index (χ3n) is 2.48. The van der Waals surface area contributed by atoms with E-state index >= 15 is 0 Å². The van der Waals surface area contributed by atoms with Gasteiger partial charge in [-0.1, -0.05) is 12.1 Å². The van der Waals surface area contributed by atoms with Crippen LogP contribution in [0.15, 0.2) is 24.3 Å². The van der Waals surface area contributed by atoms with Crippen LogP contribution in [0, 0.1) is 0 Å². The number of imide groups is 1. The zero-order chi connectivity index (χ0) is 10.8. The van der Waals surface area contributed by atoms with Gasteiger partial charge in [0.25, 0.3) is 0 Å². The van der Waals surface area contributed by atoms with Crippen LogP contribution >= 0.6 is 0 Å². The molecule has 0 aliphatic carbocycles. The van der Waals surface area contributed by atoms with Gasteiger partial charge in [-0.05, 0) is 17.7 Å². The number of nitrogens with two attached hydrogens (primary N) is 1. The molecule has 1 heterocycles. The van der Waals surface area contributed by atoms with E-state index in [0.29, 0.717) is 25.1 Å². The van der Waals surface area contributed by atoms with Crippen molar-refractivity contribution in [3.8, 4) is 0 Å². The molecule has 1 aliphatic rings. The van der Waals surface area contributed by atoms with Gasteiger partial charge >= 0.3 is 0 Å². The van der Waals surface area contributed by atoms with Gasteiger partial charge in [0, 0.05) is 18.5 Å². The minimum absolute atomic E-state index is 0.0863. The van der Waals surface area contributed by atoms with Crippen LogP contribution in [0.2, 0.25) is 0 Å². The lowest BCUT2D eigenvalue weighted by molar-refractivity contribution is -0.139. The summed E-state index contributed by atoms with van der Waals surface area (Å²) >= 11 is 0. The van der Waals surface area contributed by atoms with Gasteiger partial charge in [-0.25, -0.2) is 0 Å². The number of nitrogen functional groups attached to an aromatic ring is 1. The van der Waals surface area contributed by atoms with E-state index in [4.69, 9.17) is 5.73 Å². The number of carbonyl (C=O) groups is 2. The average Bonchev–Trinajstić information content (AvgIpc) is 2.53. The van der Waals surface area contributed by atoms with Gasteiger partial charge in [0.2, 0.25) is 11.8 Å². The summed E-state index contributed by atoms with van der Waals surface area (Å²) < 4.78 is 0. The fourth-order valence-electron chi connectivity index (χ4n) is 1.60. The normalized spacial score (nSPS) is 16.1. The van der Waals surface area contributed by atoms with Crippen LogP contribution in [-0.2, 0) is 16.1 Å². The molecule has 0 bridgehead atoms. The highest BCUT2D eigenvalue weighted by atomic mass is 16.2. The van der Waals surface area contributed by atoms with E-state index in [9.17, 15) is 9.59 Å². The van der Waals surface area contributed by atoms with Gasteiger partial charge in [0.1, 0.15) is 0 Å². The minimum Gasteiger partial charge on any atom is -0.399 e. The van der Waals surface area contributed by atoms with Crippen molar-refractivity contribution >= 4 is 17.5 Å². The predicted molar refractivity (Wildman–Crippen MR) is 55.6 cm³/mol. The summed E-state index contributed by atoms with van der Waals surface area (Å²) in [5.74, 6) is -0.173. The van der Waals surface area contributed by atoms with Crippen molar-refractivity contribution in [3.63, 3.8) is 0 Å². The van der Waals surface area contributed by atoms with Crippen LogP contribution in [0.1, 0.15) is 18.4 Å². The van der Waals surface area contributed by atoms with Crippen LogP contribution in [-0.4, -0.2) is 16.7 Å². The standard InChI is InChI=1S/C11H12N2O2/c12-9-3-1-8(2-4-9)7-13-10(14)5-6-11(13)15/h1-4H,5-7,12H2. The second-order valence-electron chi connectivity index (χ2n) is 3.62. The number of anilines is 1. The Kier molecular flexibility index (Phi) is 2.41. The molecule has 1 fully saturated rings. The Morgan fingerprint density at radius 1 is 1.07 bits per heavy atom. The van der Waals surface area contributed by atoms with E-state index in [1.54, 1.807) is 12.1 Å². The topological polar surface area (TPSA) is 63.4 Å². The van der Waals surface area contributed by atoms with Gasteiger partial charge < -0.3 is 5.73 Å². The number of likely N-dealkylation sites (tertiary alicyclic amines) is 1. The van der Waals surface area contributed by atoms with Gasteiger partial charge in [-0.2, -0.15) is 0 Å². The lowest BCUT2D eigenvalue weighted by atomic mass is 10.2. The molecule has 1 saturated heterocycles. The molecule has 0 saturated carbocycles. The monoisotopic (exact) mass is 204 g/mol. The number of nitrogens with zero attached hydrogens (tertiary/aromatic N) is 1. The fraction of sp³-hybridized carbons (Fsp3) is 0.273. The van der Waals surface area contributed by atoms with Crippen LogP contribution in [0.3, 0.4) is 0 Å². The summed E-state index contributed by atoms with van der Waals surface area (Å²) in [5, 5.41) is 0. The molecule has 0 atom stereocenters. The van der Waals surface area contributed by atoms with Crippen LogP contribution < -0.4 is 5.73 Å². The maximum atomic E-state index is 11.3. The molecule has 0 radical (unpaired) electrons. The first-order chi connectivity index (χ1) is 7.16. The molecule has 1 aromatic rings. The molecule has 1 aliphatic heterocycles. The van der Waals surface area contributed by atoms with Crippen molar-refractivity contribution in [2.75, 3.05) is 5.73 Å². The quantitative estimate of drug-likeness (QED) is 0.575. The van der Waals surface area contributed by atoms with Crippen molar-refractivity contribution in [3.05, 3.63) is 29.8 Å². The molecule has 0 unspecified atom stereocenters. The summed E-state index contributed by atoms with van der Waals surface area (Å²) in [5.41, 5.74) is 7.14. The van der Waals surface area contributed by atoms with Gasteiger partial charge in [0.15, 0.2) is 0 Å². The Bertz CT molecular complexity index is 382. The van der Waals surface area contributed by atoms with Gasteiger partial charge in [-0.3, -0.25) is 14.5 Å². The molecule has 0 spiro atoms. The molecule has 15 heavy (non-hydrogen) atoms. The molecule has 2 rings (SSSR count). The first-order valence-corrected chi connectivity index (χ1v) is 4.84. The maximum absolute atomic E-state index is 11.3. The zero-order valence-corrected chi connectivity index (χ0v) is 8.27. The summed E-state index contributed by atoms with van der Waals surface area (Å²) in [6.45, 7) is 0.359. The minimum atomic E-state index is -0.0863. The number of carbonyl (C=O) groups excluding carboxylic acids is 2. The fourth-order valence-corrected chi connectivity index (χ4v) is 1.60. The highest BCUT2D eigenvalue weighted by molar-refractivity contribution is 6.01. The smallest absolute Gasteiger partial charge is 0.229 e. The molecule has 2 amide bonds. The van der Waals surface area contributed by atoms with Crippen molar-refractivity contribution in [1.82, 2.24) is 4.90 Å². The molecular formula is C11H12N2O2. The largest absolute Gasteiger partial charge is 0.399 e. The first-order valence-electron chi connectivity index (χ1n) is 4.84. The Hall–Kier alpha value is -1.84. The number of hydrogen-bond acceptors (Lipinski definition) is 3. The van der Waals surface area contributed by atoms with Crippen molar-refractivity contribution in [1.29, 1.82) is 0 Å². The molecule has 4 heteroatoms. The molecule has 1 aromatic carbocycles. The molecule has 0 aromatic heterocycles. The third kappa shape index (κ3) is 1.98. The van der Waals surface area contributed by atoms with E-state index < -0.39 is 0 Å². The van der Waals surface area contributed by atoms with Crippen molar-refractivity contribution in [2.24, 2.45) is 0 Å². The molecule has 2 N–H and O–H groups in total. The number of amides is 2. The van der Waals surface area contributed by atoms with E-state index in [-0.39, 0.29) is 11.8 Å². The number of rotatable bonds is 2. The van der Waals surface area contributed by atoms with E-state index in [0.717, 1.165) is 5.56 Å². The summed E-state index contributed by atoms with van der Waals surface area (Å²) in [7, 11) is 0. The van der Waals surface area contributed by atoms with Crippen LogP contribution in [0.25, 0.3) is 0 Å². The lowest BCUT2D eigenvalue weighted by Gasteiger charge is -2.13. The lowest BCUT2D eigenvalue weighted by Crippen LogP contribution is -2.28. The molecule has 78 valence electrons. The SMILES string of the molecule is Nc1ccc(CN2C(=O)CCC2=O)cc1. The van der Waals surface area contributed by atoms with E-state index in [1.165, 1.54) is 4.90 Å². The van der Waals surface area contributed by atoms with Gasteiger partial charge in [-0.15, -0.1) is 0 Å². The molecule has 4 nitrogen and oxygen atoms in total. The Morgan fingerprint density at radius 3 is 2.13 bits per heavy atom.